The van der Waals surface area contributed by atoms with Crippen molar-refractivity contribution in [2.75, 3.05) is 5.75 Å². The van der Waals surface area contributed by atoms with Crippen LogP contribution in [-0.4, -0.2) is 19.3 Å². The molecule has 0 fully saturated rings. The number of rotatable bonds is 2. The molecule has 0 aliphatic carbocycles. The second kappa shape index (κ2) is 4.97. The molecule has 3 nitrogen and oxygen atoms in total. The van der Waals surface area contributed by atoms with E-state index < -0.39 is 15.4 Å². The van der Waals surface area contributed by atoms with Crippen LogP contribution in [0, 0.1) is 0 Å². The molecule has 0 aromatic heterocycles. The Morgan fingerprint density at radius 1 is 1.10 bits per heavy atom. The number of hydrogen-bond donors (Lipinski definition) is 1. The Balaban J connectivity index is 2.17. The van der Waals surface area contributed by atoms with E-state index in [1.54, 1.807) is 24.3 Å². The van der Waals surface area contributed by atoms with Crippen LogP contribution in [0.25, 0.3) is 0 Å². The third-order valence-corrected chi connectivity index (χ3v) is 6.01. The van der Waals surface area contributed by atoms with Crippen LogP contribution in [0.3, 0.4) is 0 Å². The molecule has 0 bridgehead atoms. The average Bonchev–Trinajstić information content (AvgIpc) is 2.52. The minimum Gasteiger partial charge on any atom is -0.380 e. The highest BCUT2D eigenvalue weighted by atomic mass is 32.2. The van der Waals surface area contributed by atoms with Gasteiger partial charge in [-0.05, 0) is 30.0 Å². The van der Waals surface area contributed by atoms with Crippen LogP contribution in [0.5, 0.6) is 0 Å². The van der Waals surface area contributed by atoms with Gasteiger partial charge in [-0.15, -0.1) is 0 Å². The monoisotopic (exact) mass is 302 g/mol. The van der Waals surface area contributed by atoms with Crippen molar-refractivity contribution in [3.8, 4) is 0 Å². The summed E-state index contributed by atoms with van der Waals surface area (Å²) in [6.07, 6.45) is 1.13. The molecule has 1 aliphatic rings. The first-order chi connectivity index (χ1) is 9.97. The Morgan fingerprint density at radius 3 is 2.43 bits per heavy atom. The molecule has 1 aliphatic heterocycles. The summed E-state index contributed by atoms with van der Waals surface area (Å²) in [6, 6.07) is 14.5. The van der Waals surface area contributed by atoms with E-state index in [9.17, 15) is 13.5 Å². The maximum atomic E-state index is 12.2. The molecule has 2 aromatic rings. The Hall–Kier alpha value is -1.65. The van der Waals surface area contributed by atoms with Crippen molar-refractivity contribution in [1.82, 2.24) is 0 Å². The maximum Gasteiger partial charge on any atom is 0.178 e. The van der Waals surface area contributed by atoms with Crippen LogP contribution in [0.4, 0.5) is 0 Å². The fourth-order valence-corrected chi connectivity index (χ4v) is 4.56. The average molecular weight is 302 g/mol. The van der Waals surface area contributed by atoms with Crippen molar-refractivity contribution in [1.29, 1.82) is 0 Å². The summed E-state index contributed by atoms with van der Waals surface area (Å²) in [5, 5.41) is 11.1. The molecule has 0 saturated heterocycles. The standard InChI is InChI=1S/C17H18O3S/c1-2-13-7-9-14(10-8-13)17(18)11-12-21(19,20)16-6-4-3-5-15(16)17/h3-10,18H,2,11-12H2,1H3. The van der Waals surface area contributed by atoms with Gasteiger partial charge in [0.15, 0.2) is 9.84 Å². The molecule has 110 valence electrons. The van der Waals surface area contributed by atoms with Crippen LogP contribution in [-0.2, 0) is 21.9 Å². The molecule has 0 amide bonds. The molecule has 2 aromatic carbocycles. The molecule has 0 saturated carbocycles. The summed E-state index contributed by atoms with van der Waals surface area (Å²) in [4.78, 5) is 0.248. The fraction of sp³-hybridized carbons (Fsp3) is 0.294. The molecular weight excluding hydrogens is 284 g/mol. The molecule has 0 spiro atoms. The predicted octanol–water partition coefficient (Wildman–Crippen LogP) is 2.66. The Morgan fingerprint density at radius 2 is 1.76 bits per heavy atom. The number of aliphatic hydroxyl groups is 1. The van der Waals surface area contributed by atoms with Crippen molar-refractivity contribution in [2.24, 2.45) is 0 Å². The number of benzene rings is 2. The molecule has 1 atom stereocenters. The number of hydrogen-bond acceptors (Lipinski definition) is 3. The Labute approximate surface area is 125 Å². The lowest BCUT2D eigenvalue weighted by atomic mass is 9.83. The van der Waals surface area contributed by atoms with Crippen LogP contribution < -0.4 is 0 Å². The first-order valence-corrected chi connectivity index (χ1v) is 8.76. The van der Waals surface area contributed by atoms with E-state index in [1.165, 1.54) is 5.56 Å². The van der Waals surface area contributed by atoms with Crippen molar-refractivity contribution >= 4 is 9.84 Å². The van der Waals surface area contributed by atoms with Crippen LogP contribution in [0.1, 0.15) is 30.0 Å². The molecule has 3 rings (SSSR count). The van der Waals surface area contributed by atoms with Gasteiger partial charge in [-0.2, -0.15) is 0 Å². The maximum absolute atomic E-state index is 12.2. The molecule has 1 unspecified atom stereocenters. The zero-order valence-corrected chi connectivity index (χ0v) is 12.7. The summed E-state index contributed by atoms with van der Waals surface area (Å²) < 4.78 is 24.4. The first kappa shape index (κ1) is 14.3. The quantitative estimate of drug-likeness (QED) is 0.928. The van der Waals surface area contributed by atoms with Gasteiger partial charge in [0.05, 0.1) is 10.6 Å². The van der Waals surface area contributed by atoms with Gasteiger partial charge in [-0.25, -0.2) is 8.42 Å². The minimum absolute atomic E-state index is 0.0317. The fourth-order valence-electron chi connectivity index (χ4n) is 2.92. The normalized spacial score (nSPS) is 23.5. The third-order valence-electron chi connectivity index (χ3n) is 4.24. The van der Waals surface area contributed by atoms with E-state index in [-0.39, 0.29) is 17.1 Å². The van der Waals surface area contributed by atoms with Crippen molar-refractivity contribution in [3.05, 3.63) is 65.2 Å². The number of aryl methyl sites for hydroxylation is 1. The van der Waals surface area contributed by atoms with E-state index in [0.29, 0.717) is 5.56 Å². The minimum atomic E-state index is -3.29. The largest absolute Gasteiger partial charge is 0.380 e. The van der Waals surface area contributed by atoms with E-state index in [4.69, 9.17) is 0 Å². The zero-order valence-electron chi connectivity index (χ0n) is 11.9. The highest BCUT2D eigenvalue weighted by molar-refractivity contribution is 7.91. The van der Waals surface area contributed by atoms with E-state index in [2.05, 4.69) is 6.92 Å². The van der Waals surface area contributed by atoms with Crippen LogP contribution in [0.2, 0.25) is 0 Å². The van der Waals surface area contributed by atoms with E-state index in [0.717, 1.165) is 12.0 Å². The lowest BCUT2D eigenvalue weighted by molar-refractivity contribution is 0.0717. The van der Waals surface area contributed by atoms with Gasteiger partial charge in [-0.3, -0.25) is 0 Å². The summed E-state index contributed by atoms with van der Waals surface area (Å²) >= 11 is 0. The lowest BCUT2D eigenvalue weighted by Gasteiger charge is -2.34. The second-order valence-corrected chi connectivity index (χ2v) is 7.55. The summed E-state index contributed by atoms with van der Waals surface area (Å²) in [5.41, 5.74) is 1.20. The molecule has 21 heavy (non-hydrogen) atoms. The van der Waals surface area contributed by atoms with E-state index >= 15 is 0 Å². The van der Waals surface area contributed by atoms with Gasteiger partial charge < -0.3 is 5.11 Å². The van der Waals surface area contributed by atoms with Crippen molar-refractivity contribution in [2.45, 2.75) is 30.3 Å². The van der Waals surface area contributed by atoms with Gasteiger partial charge >= 0.3 is 0 Å². The van der Waals surface area contributed by atoms with Gasteiger partial charge in [-0.1, -0.05) is 49.4 Å². The zero-order chi connectivity index (χ0) is 15.1. The first-order valence-electron chi connectivity index (χ1n) is 7.11. The molecular formula is C17H18O3S. The van der Waals surface area contributed by atoms with Gasteiger partial charge in [0.2, 0.25) is 0 Å². The van der Waals surface area contributed by atoms with Crippen LogP contribution in [0.15, 0.2) is 53.4 Å². The summed E-state index contributed by atoms with van der Waals surface area (Å²) in [5.74, 6) is -0.0317. The predicted molar refractivity (Wildman–Crippen MR) is 81.9 cm³/mol. The molecule has 1 N–H and O–H groups in total. The SMILES string of the molecule is CCc1ccc(C2(O)CCS(=O)(=O)c3ccccc32)cc1. The van der Waals surface area contributed by atoms with Crippen LogP contribution >= 0.6 is 0 Å². The molecule has 0 radical (unpaired) electrons. The topological polar surface area (TPSA) is 54.4 Å². The van der Waals surface area contributed by atoms with Gasteiger partial charge in [0, 0.05) is 5.56 Å². The second-order valence-electron chi connectivity index (χ2n) is 5.48. The Kier molecular flexibility index (Phi) is 3.38. The lowest BCUT2D eigenvalue weighted by Crippen LogP contribution is -2.36. The Bertz CT molecular complexity index is 763. The van der Waals surface area contributed by atoms with E-state index in [1.807, 2.05) is 24.3 Å². The highest BCUT2D eigenvalue weighted by Gasteiger charge is 2.41. The van der Waals surface area contributed by atoms with Gasteiger partial charge in [0.1, 0.15) is 5.60 Å². The molecule has 1 heterocycles. The number of sulfone groups is 1. The van der Waals surface area contributed by atoms with Crippen molar-refractivity contribution in [3.63, 3.8) is 0 Å². The summed E-state index contributed by atoms with van der Waals surface area (Å²) in [7, 11) is -3.29. The number of fused-ring (bicyclic) bond motifs is 1. The van der Waals surface area contributed by atoms with Gasteiger partial charge in [0.25, 0.3) is 0 Å². The summed E-state index contributed by atoms with van der Waals surface area (Å²) in [6.45, 7) is 2.08. The third kappa shape index (κ3) is 2.28. The molecule has 4 heteroatoms. The smallest absolute Gasteiger partial charge is 0.178 e. The van der Waals surface area contributed by atoms with Crippen molar-refractivity contribution < 1.29 is 13.5 Å². The highest BCUT2D eigenvalue weighted by Crippen LogP contribution is 2.41.